The lowest BCUT2D eigenvalue weighted by atomic mass is 10.1. The molecule has 0 saturated heterocycles. The van der Waals surface area contributed by atoms with Gasteiger partial charge in [-0.3, -0.25) is 4.72 Å². The standard InChI is InChI=1S/C16H10F2N2O4S/c17-10-1-3-14(13(18)5-10)20-25(21,22)11-2-4-15-12(6-11)16-9(8-23-15)7-19-24-16/h1-7,20H,8H2. The van der Waals surface area contributed by atoms with Gasteiger partial charge in [-0.2, -0.15) is 0 Å². The molecule has 0 bridgehead atoms. The molecule has 0 spiro atoms. The number of nitrogens with zero attached hydrogens (tertiary/aromatic N) is 1. The lowest BCUT2D eigenvalue weighted by Gasteiger charge is -2.17. The number of rotatable bonds is 3. The lowest BCUT2D eigenvalue weighted by Crippen LogP contribution is -2.14. The average molecular weight is 364 g/mol. The van der Waals surface area contributed by atoms with Crippen LogP contribution in [0.2, 0.25) is 0 Å². The van der Waals surface area contributed by atoms with Gasteiger partial charge in [-0.1, -0.05) is 5.16 Å². The summed E-state index contributed by atoms with van der Waals surface area (Å²) in [5, 5.41) is 3.68. The number of sulfonamides is 1. The van der Waals surface area contributed by atoms with E-state index in [-0.39, 0.29) is 17.2 Å². The van der Waals surface area contributed by atoms with Crippen LogP contribution in [0.5, 0.6) is 5.75 Å². The number of hydrogen-bond acceptors (Lipinski definition) is 5. The quantitative estimate of drug-likeness (QED) is 0.771. The Kier molecular flexibility index (Phi) is 3.46. The van der Waals surface area contributed by atoms with Gasteiger partial charge in [0, 0.05) is 6.07 Å². The van der Waals surface area contributed by atoms with Crippen molar-refractivity contribution in [1.29, 1.82) is 0 Å². The van der Waals surface area contributed by atoms with Gasteiger partial charge in [-0.15, -0.1) is 0 Å². The van der Waals surface area contributed by atoms with Crippen LogP contribution < -0.4 is 9.46 Å². The number of hydrogen-bond donors (Lipinski definition) is 1. The van der Waals surface area contributed by atoms with E-state index in [4.69, 9.17) is 9.26 Å². The maximum atomic E-state index is 13.7. The minimum atomic E-state index is -4.10. The van der Waals surface area contributed by atoms with Crippen molar-refractivity contribution in [1.82, 2.24) is 5.16 Å². The van der Waals surface area contributed by atoms with Crippen LogP contribution in [0.15, 0.2) is 52.0 Å². The van der Waals surface area contributed by atoms with Gasteiger partial charge < -0.3 is 9.26 Å². The number of aromatic nitrogens is 1. The summed E-state index contributed by atoms with van der Waals surface area (Å²) in [6.07, 6.45) is 1.49. The van der Waals surface area contributed by atoms with Crippen molar-refractivity contribution in [2.24, 2.45) is 0 Å². The summed E-state index contributed by atoms with van der Waals surface area (Å²) >= 11 is 0. The second kappa shape index (κ2) is 5.55. The fraction of sp³-hybridized carbons (Fsp3) is 0.0625. The summed E-state index contributed by atoms with van der Waals surface area (Å²) in [7, 11) is -4.10. The summed E-state index contributed by atoms with van der Waals surface area (Å²) in [4.78, 5) is -0.122. The number of ether oxygens (including phenoxy) is 1. The van der Waals surface area contributed by atoms with Gasteiger partial charge in [-0.25, -0.2) is 17.2 Å². The van der Waals surface area contributed by atoms with Gasteiger partial charge in [0.1, 0.15) is 24.0 Å². The van der Waals surface area contributed by atoms with Crippen molar-refractivity contribution in [3.05, 3.63) is 59.8 Å². The highest BCUT2D eigenvalue weighted by Crippen LogP contribution is 2.38. The molecule has 1 aromatic heterocycles. The molecule has 0 unspecified atom stereocenters. The molecule has 0 saturated carbocycles. The maximum absolute atomic E-state index is 13.7. The molecule has 0 fully saturated rings. The zero-order valence-electron chi connectivity index (χ0n) is 12.5. The second-order valence-corrected chi connectivity index (χ2v) is 7.04. The first-order chi connectivity index (χ1) is 11.9. The van der Waals surface area contributed by atoms with E-state index in [9.17, 15) is 17.2 Å². The summed E-state index contributed by atoms with van der Waals surface area (Å²) in [6.45, 7) is 0.275. The summed E-state index contributed by atoms with van der Waals surface area (Å²) in [5.74, 6) is -0.936. The highest BCUT2D eigenvalue weighted by atomic mass is 32.2. The van der Waals surface area contributed by atoms with Crippen LogP contribution in [0.1, 0.15) is 5.56 Å². The molecule has 2 aromatic carbocycles. The Balaban J connectivity index is 1.73. The van der Waals surface area contributed by atoms with E-state index in [2.05, 4.69) is 9.88 Å². The smallest absolute Gasteiger partial charge is 0.262 e. The fourth-order valence-corrected chi connectivity index (χ4v) is 3.59. The first-order valence-electron chi connectivity index (χ1n) is 7.13. The van der Waals surface area contributed by atoms with Crippen molar-refractivity contribution < 1.29 is 26.5 Å². The molecule has 3 aromatic rings. The Morgan fingerprint density at radius 3 is 2.76 bits per heavy atom. The maximum Gasteiger partial charge on any atom is 0.262 e. The molecular formula is C16H10F2N2O4S. The second-order valence-electron chi connectivity index (χ2n) is 5.36. The Morgan fingerprint density at radius 1 is 1.12 bits per heavy atom. The first-order valence-corrected chi connectivity index (χ1v) is 8.61. The summed E-state index contributed by atoms with van der Waals surface area (Å²) in [6, 6.07) is 6.72. The number of benzene rings is 2. The highest BCUT2D eigenvalue weighted by molar-refractivity contribution is 7.92. The zero-order valence-corrected chi connectivity index (χ0v) is 13.3. The lowest BCUT2D eigenvalue weighted by molar-refractivity contribution is 0.297. The molecule has 6 nitrogen and oxygen atoms in total. The minimum absolute atomic E-state index is 0.122. The van der Waals surface area contributed by atoms with Crippen LogP contribution in [-0.2, 0) is 16.6 Å². The first kappa shape index (κ1) is 15.6. The number of anilines is 1. The normalized spacial score (nSPS) is 12.9. The van der Waals surface area contributed by atoms with Crippen LogP contribution in [0.25, 0.3) is 11.3 Å². The molecule has 1 aliphatic rings. The largest absolute Gasteiger partial charge is 0.488 e. The van der Waals surface area contributed by atoms with Gasteiger partial charge in [0.15, 0.2) is 5.76 Å². The fourth-order valence-electron chi connectivity index (χ4n) is 2.50. The molecule has 25 heavy (non-hydrogen) atoms. The average Bonchev–Trinajstić information content (AvgIpc) is 3.06. The Bertz CT molecular complexity index is 1080. The number of nitrogens with one attached hydrogen (secondary N) is 1. The van der Waals surface area contributed by atoms with E-state index < -0.39 is 21.7 Å². The topological polar surface area (TPSA) is 81.4 Å². The van der Waals surface area contributed by atoms with Crippen LogP contribution >= 0.6 is 0 Å². The van der Waals surface area contributed by atoms with Gasteiger partial charge in [0.05, 0.1) is 27.9 Å². The SMILES string of the molecule is O=S(=O)(Nc1ccc(F)cc1F)c1ccc2c(c1)-c1oncc1CO2. The number of halogens is 2. The molecular weight excluding hydrogens is 354 g/mol. The van der Waals surface area contributed by atoms with Crippen LogP contribution in [0.3, 0.4) is 0 Å². The van der Waals surface area contributed by atoms with E-state index in [1.807, 2.05) is 0 Å². The zero-order chi connectivity index (χ0) is 17.6. The molecule has 0 atom stereocenters. The van der Waals surface area contributed by atoms with E-state index in [0.717, 1.165) is 12.1 Å². The van der Waals surface area contributed by atoms with E-state index in [1.54, 1.807) is 0 Å². The monoisotopic (exact) mass is 364 g/mol. The Labute approximate surface area is 141 Å². The highest BCUT2D eigenvalue weighted by Gasteiger charge is 2.25. The predicted molar refractivity (Wildman–Crippen MR) is 83.4 cm³/mol. The molecule has 4 rings (SSSR count). The molecule has 128 valence electrons. The summed E-state index contributed by atoms with van der Waals surface area (Å²) < 4.78 is 64.5. The molecule has 1 aliphatic heterocycles. The summed E-state index contributed by atoms with van der Waals surface area (Å²) in [5.41, 5.74) is 0.775. The Hall–Kier alpha value is -2.94. The number of fused-ring (bicyclic) bond motifs is 3. The van der Waals surface area contributed by atoms with Gasteiger partial charge in [0.2, 0.25) is 0 Å². The van der Waals surface area contributed by atoms with E-state index >= 15 is 0 Å². The third kappa shape index (κ3) is 2.72. The molecule has 0 aliphatic carbocycles. The van der Waals surface area contributed by atoms with Crippen molar-refractivity contribution in [3.8, 4) is 17.1 Å². The van der Waals surface area contributed by atoms with E-state index in [1.165, 1.54) is 24.4 Å². The van der Waals surface area contributed by atoms with Crippen LogP contribution in [-0.4, -0.2) is 13.6 Å². The third-order valence-electron chi connectivity index (χ3n) is 3.71. The molecule has 2 heterocycles. The molecule has 9 heteroatoms. The minimum Gasteiger partial charge on any atom is -0.488 e. The van der Waals surface area contributed by atoms with Crippen LogP contribution in [0.4, 0.5) is 14.5 Å². The van der Waals surface area contributed by atoms with Crippen molar-refractivity contribution in [3.63, 3.8) is 0 Å². The molecule has 1 N–H and O–H groups in total. The van der Waals surface area contributed by atoms with Gasteiger partial charge in [-0.05, 0) is 30.3 Å². The van der Waals surface area contributed by atoms with E-state index in [0.29, 0.717) is 28.7 Å². The molecule has 0 radical (unpaired) electrons. The van der Waals surface area contributed by atoms with Crippen LogP contribution in [0, 0.1) is 11.6 Å². The van der Waals surface area contributed by atoms with Crippen molar-refractivity contribution >= 4 is 15.7 Å². The third-order valence-corrected chi connectivity index (χ3v) is 5.07. The predicted octanol–water partition coefficient (Wildman–Crippen LogP) is 3.31. The molecule has 0 amide bonds. The van der Waals surface area contributed by atoms with Gasteiger partial charge >= 0.3 is 0 Å². The Morgan fingerprint density at radius 2 is 1.96 bits per heavy atom. The van der Waals surface area contributed by atoms with Crippen molar-refractivity contribution in [2.45, 2.75) is 11.5 Å². The van der Waals surface area contributed by atoms with Gasteiger partial charge in [0.25, 0.3) is 10.0 Å². The van der Waals surface area contributed by atoms with Crippen molar-refractivity contribution in [2.75, 3.05) is 4.72 Å².